The summed E-state index contributed by atoms with van der Waals surface area (Å²) >= 11 is 6.02. The van der Waals surface area contributed by atoms with Crippen LogP contribution < -0.4 is 10.6 Å². The third-order valence-electron chi connectivity index (χ3n) is 4.58. The number of hydrogen-bond acceptors (Lipinski definition) is 5. The molecule has 8 nitrogen and oxygen atoms in total. The number of aryl methyl sites for hydroxylation is 2. The zero-order valence-electron chi connectivity index (χ0n) is 17.6. The molecule has 2 N–H and O–H groups in total. The van der Waals surface area contributed by atoms with Gasteiger partial charge in [0.15, 0.2) is 5.96 Å². The minimum atomic E-state index is 0. The fourth-order valence-electron chi connectivity index (χ4n) is 2.94. The van der Waals surface area contributed by atoms with E-state index in [4.69, 9.17) is 16.1 Å². The van der Waals surface area contributed by atoms with Crippen LogP contribution in [-0.4, -0.2) is 39.0 Å². The van der Waals surface area contributed by atoms with Gasteiger partial charge in [0.1, 0.15) is 0 Å². The molecule has 0 aliphatic rings. The first-order valence-corrected chi connectivity index (χ1v) is 9.95. The summed E-state index contributed by atoms with van der Waals surface area (Å²) in [6.45, 7) is 8.06. The largest absolute Gasteiger partial charge is 0.357 e. The smallest absolute Gasteiger partial charge is 0.228 e. The van der Waals surface area contributed by atoms with Gasteiger partial charge in [-0.15, -0.1) is 24.0 Å². The number of hydrogen-bond donors (Lipinski definition) is 2. The maximum absolute atomic E-state index is 6.02. The van der Waals surface area contributed by atoms with Crippen LogP contribution in [0.1, 0.15) is 29.8 Å². The Morgan fingerprint density at radius 3 is 2.73 bits per heavy atom. The van der Waals surface area contributed by atoms with Crippen LogP contribution in [0, 0.1) is 13.8 Å². The van der Waals surface area contributed by atoms with Crippen LogP contribution in [0.5, 0.6) is 0 Å². The second-order valence-corrected chi connectivity index (χ2v) is 7.10. The van der Waals surface area contributed by atoms with E-state index in [9.17, 15) is 0 Å². The van der Waals surface area contributed by atoms with Crippen molar-refractivity contribution in [3.05, 3.63) is 52.1 Å². The molecule has 0 atom stereocenters. The Morgan fingerprint density at radius 1 is 1.27 bits per heavy atom. The lowest BCUT2D eigenvalue weighted by atomic mass is 10.2. The van der Waals surface area contributed by atoms with E-state index < -0.39 is 0 Å². The highest BCUT2D eigenvalue weighted by Crippen LogP contribution is 2.20. The predicted molar refractivity (Wildman–Crippen MR) is 129 cm³/mol. The normalized spacial score (nSPS) is 11.3. The van der Waals surface area contributed by atoms with Crippen molar-refractivity contribution in [2.75, 3.05) is 13.1 Å². The summed E-state index contributed by atoms with van der Waals surface area (Å²) in [6.07, 6.45) is 0.586. The van der Waals surface area contributed by atoms with Gasteiger partial charge in [0.25, 0.3) is 0 Å². The molecular weight excluding hydrogens is 517 g/mol. The minimum absolute atomic E-state index is 0. The Labute approximate surface area is 198 Å². The van der Waals surface area contributed by atoms with Crippen LogP contribution in [0.25, 0.3) is 11.4 Å². The van der Waals surface area contributed by atoms with Crippen molar-refractivity contribution in [2.45, 2.75) is 33.7 Å². The van der Waals surface area contributed by atoms with E-state index in [1.807, 2.05) is 49.8 Å². The number of benzene rings is 1. The molecule has 0 saturated carbocycles. The third kappa shape index (κ3) is 6.18. The Balaban J connectivity index is 0.00000320. The topological polar surface area (TPSA) is 93.2 Å². The van der Waals surface area contributed by atoms with E-state index in [0.717, 1.165) is 35.0 Å². The molecule has 3 aromatic rings. The maximum Gasteiger partial charge on any atom is 0.228 e. The molecule has 0 aliphatic heterocycles. The van der Waals surface area contributed by atoms with Crippen molar-refractivity contribution < 1.29 is 4.52 Å². The molecule has 0 bridgehead atoms. The minimum Gasteiger partial charge on any atom is -0.357 e. The Morgan fingerprint density at radius 2 is 2.07 bits per heavy atom. The van der Waals surface area contributed by atoms with Crippen LogP contribution in [-0.2, 0) is 20.0 Å². The molecule has 2 heterocycles. The SMILES string of the molecule is CCNC(=NCc1c(C)nn(C)c1C)NCCc1nc(-c2cccc(Cl)c2)no1.I. The molecule has 162 valence electrons. The van der Waals surface area contributed by atoms with Gasteiger partial charge >= 0.3 is 0 Å². The van der Waals surface area contributed by atoms with E-state index in [0.29, 0.717) is 36.2 Å². The first kappa shape index (κ1) is 24.1. The van der Waals surface area contributed by atoms with Crippen LogP contribution in [0.4, 0.5) is 0 Å². The summed E-state index contributed by atoms with van der Waals surface area (Å²) in [5.41, 5.74) is 4.11. The van der Waals surface area contributed by atoms with E-state index in [1.165, 1.54) is 0 Å². The molecule has 30 heavy (non-hydrogen) atoms. The second-order valence-electron chi connectivity index (χ2n) is 6.67. The molecule has 2 aromatic heterocycles. The second kappa shape index (κ2) is 11.3. The number of nitrogens with zero attached hydrogens (tertiary/aromatic N) is 5. The average molecular weight is 544 g/mol. The van der Waals surface area contributed by atoms with Crippen molar-refractivity contribution in [2.24, 2.45) is 12.0 Å². The third-order valence-corrected chi connectivity index (χ3v) is 4.82. The van der Waals surface area contributed by atoms with Crippen molar-refractivity contribution in [3.63, 3.8) is 0 Å². The number of aromatic nitrogens is 4. The highest BCUT2D eigenvalue weighted by atomic mass is 127. The quantitative estimate of drug-likeness (QED) is 0.268. The lowest BCUT2D eigenvalue weighted by Gasteiger charge is -2.10. The van der Waals surface area contributed by atoms with Crippen LogP contribution in [0.2, 0.25) is 5.02 Å². The molecule has 0 aliphatic carbocycles. The molecule has 1 aromatic carbocycles. The number of halogens is 2. The monoisotopic (exact) mass is 543 g/mol. The molecule has 0 spiro atoms. The summed E-state index contributed by atoms with van der Waals surface area (Å²) in [5.74, 6) is 1.83. The summed E-state index contributed by atoms with van der Waals surface area (Å²) in [5, 5.41) is 15.7. The van der Waals surface area contributed by atoms with E-state index in [-0.39, 0.29) is 24.0 Å². The fraction of sp³-hybridized carbons (Fsp3) is 0.400. The summed E-state index contributed by atoms with van der Waals surface area (Å²) in [7, 11) is 1.95. The van der Waals surface area contributed by atoms with Gasteiger partial charge in [0.2, 0.25) is 11.7 Å². The van der Waals surface area contributed by atoms with Gasteiger partial charge in [-0.1, -0.05) is 28.9 Å². The molecule has 0 amide bonds. The fourth-order valence-corrected chi connectivity index (χ4v) is 3.13. The van der Waals surface area contributed by atoms with Gasteiger partial charge in [-0.25, -0.2) is 4.99 Å². The molecule has 0 saturated heterocycles. The first-order chi connectivity index (χ1) is 14.0. The Hall–Kier alpha value is -2.14. The number of aliphatic imine (C=N–C) groups is 1. The van der Waals surface area contributed by atoms with E-state index in [2.05, 4.69) is 37.8 Å². The first-order valence-electron chi connectivity index (χ1n) is 9.57. The maximum atomic E-state index is 6.02. The standard InChI is InChI=1S/C20H26ClN7O.HI/c1-5-22-20(24-12-17-13(2)26-28(4)14(17)3)23-10-9-18-25-19(27-29-18)15-7-6-8-16(21)11-15;/h6-8,11H,5,9-10,12H2,1-4H3,(H2,22,23,24);1H. The highest BCUT2D eigenvalue weighted by molar-refractivity contribution is 14.0. The van der Waals surface area contributed by atoms with Crippen molar-refractivity contribution in [1.29, 1.82) is 0 Å². The zero-order chi connectivity index (χ0) is 20.8. The van der Waals surface area contributed by atoms with E-state index >= 15 is 0 Å². The highest BCUT2D eigenvalue weighted by Gasteiger charge is 2.11. The average Bonchev–Trinajstić information content (AvgIpc) is 3.25. The van der Waals surface area contributed by atoms with Crippen molar-refractivity contribution >= 4 is 41.5 Å². The molecule has 0 radical (unpaired) electrons. The van der Waals surface area contributed by atoms with E-state index in [1.54, 1.807) is 0 Å². The van der Waals surface area contributed by atoms with Gasteiger partial charge in [-0.05, 0) is 32.9 Å². The molecule has 0 fully saturated rings. The predicted octanol–water partition coefficient (Wildman–Crippen LogP) is 3.66. The zero-order valence-corrected chi connectivity index (χ0v) is 20.7. The van der Waals surface area contributed by atoms with Gasteiger partial charge in [0, 0.05) is 48.4 Å². The van der Waals surface area contributed by atoms with Crippen LogP contribution in [0.15, 0.2) is 33.8 Å². The Kier molecular flexibility index (Phi) is 9.09. The van der Waals surface area contributed by atoms with Gasteiger partial charge < -0.3 is 15.2 Å². The summed E-state index contributed by atoms with van der Waals surface area (Å²) in [6, 6.07) is 7.38. The number of rotatable bonds is 7. The van der Waals surface area contributed by atoms with Crippen molar-refractivity contribution in [1.82, 2.24) is 30.6 Å². The van der Waals surface area contributed by atoms with Gasteiger partial charge in [-0.2, -0.15) is 10.1 Å². The van der Waals surface area contributed by atoms with Gasteiger partial charge in [-0.3, -0.25) is 4.68 Å². The molecule has 0 unspecified atom stereocenters. The lowest BCUT2D eigenvalue weighted by molar-refractivity contribution is 0.378. The molecule has 3 rings (SSSR count). The van der Waals surface area contributed by atoms with Gasteiger partial charge in [0.05, 0.1) is 12.2 Å². The molecule has 10 heteroatoms. The Bertz CT molecular complexity index is 999. The van der Waals surface area contributed by atoms with Crippen LogP contribution in [0.3, 0.4) is 0 Å². The lowest BCUT2D eigenvalue weighted by Crippen LogP contribution is -2.38. The summed E-state index contributed by atoms with van der Waals surface area (Å²) in [4.78, 5) is 9.11. The number of guanidine groups is 1. The van der Waals surface area contributed by atoms with Crippen molar-refractivity contribution in [3.8, 4) is 11.4 Å². The summed E-state index contributed by atoms with van der Waals surface area (Å²) < 4.78 is 7.23. The molecular formula is C20H27ClIN7O. The number of nitrogens with one attached hydrogen (secondary N) is 2. The van der Waals surface area contributed by atoms with Crippen LogP contribution >= 0.6 is 35.6 Å².